The molecule has 2 aromatic carbocycles. The van der Waals surface area contributed by atoms with Crippen molar-refractivity contribution in [2.45, 2.75) is 13.0 Å². The molecule has 196 valence electrons. The molecule has 7 heteroatoms. The molecule has 0 unspecified atom stereocenters. The Morgan fingerprint density at radius 2 is 1.46 bits per heavy atom. The first-order valence-electron chi connectivity index (χ1n) is 12.5. The Labute approximate surface area is 241 Å². The van der Waals surface area contributed by atoms with Gasteiger partial charge in [0.2, 0.25) is 0 Å². The number of rotatable bonds is 7. The average Bonchev–Trinajstić information content (AvgIpc) is 3.76. The van der Waals surface area contributed by atoms with E-state index < -0.39 is 0 Å². The molecule has 0 spiro atoms. The largest absolute Gasteiger partial charge is 2.00 e. The quantitative estimate of drug-likeness (QED) is 0.293. The minimum Gasteiger partial charge on any atom is -0.497 e. The summed E-state index contributed by atoms with van der Waals surface area (Å²) in [5.41, 5.74) is 4.09. The second kappa shape index (κ2) is 13.9. The topological polar surface area (TPSA) is 57.8 Å². The van der Waals surface area contributed by atoms with E-state index in [0.29, 0.717) is 18.5 Å². The maximum Gasteiger partial charge on any atom is 2.00 e. The van der Waals surface area contributed by atoms with Crippen molar-refractivity contribution in [2.75, 3.05) is 14.2 Å². The number of hydrogen-bond acceptors (Lipinski definition) is 4. The summed E-state index contributed by atoms with van der Waals surface area (Å²) >= 11 is 0. The Morgan fingerprint density at radius 3 is 2.10 bits per heavy atom. The summed E-state index contributed by atoms with van der Waals surface area (Å²) in [5, 5.41) is 4.68. The molecule has 10 radical (unpaired) electrons. The van der Waals surface area contributed by atoms with Crippen LogP contribution in [0.25, 0.3) is 16.8 Å². The van der Waals surface area contributed by atoms with Crippen LogP contribution in [0, 0.1) is 63.7 Å². The van der Waals surface area contributed by atoms with Gasteiger partial charge in [-0.3, -0.25) is 4.79 Å². The molecule has 2 saturated carbocycles. The maximum atomic E-state index is 13.6. The Hall–Kier alpha value is -3.02. The number of aromatic nitrogens is 3. The Bertz CT molecular complexity index is 1390. The first-order chi connectivity index (χ1) is 18.7. The molecule has 0 atom stereocenters. The van der Waals surface area contributed by atoms with E-state index in [9.17, 15) is 4.79 Å². The second-order valence-corrected chi connectivity index (χ2v) is 8.80. The number of hydrogen-bond donors (Lipinski definition) is 0. The van der Waals surface area contributed by atoms with Gasteiger partial charge in [0.15, 0.2) is 0 Å². The molecule has 0 amide bonds. The van der Waals surface area contributed by atoms with Crippen LogP contribution in [0.15, 0.2) is 65.6 Å². The van der Waals surface area contributed by atoms with Crippen LogP contribution >= 0.6 is 0 Å². The molecule has 0 aliphatic heterocycles. The number of fused-ring (bicyclic) bond motifs is 1. The monoisotopic (exact) mass is 559 g/mol. The van der Waals surface area contributed by atoms with E-state index in [1.165, 1.54) is 0 Å². The van der Waals surface area contributed by atoms with E-state index in [0.717, 1.165) is 39.9 Å². The van der Waals surface area contributed by atoms with Gasteiger partial charge >= 0.3 is 17.1 Å². The summed E-state index contributed by atoms with van der Waals surface area (Å²) < 4.78 is 14.2. The van der Waals surface area contributed by atoms with Crippen LogP contribution in [0.4, 0.5) is 0 Å². The molecule has 4 aromatic rings. The van der Waals surface area contributed by atoms with Crippen molar-refractivity contribution < 1.29 is 26.5 Å². The van der Waals surface area contributed by atoms with Gasteiger partial charge in [-0.05, 0) is 112 Å². The van der Waals surface area contributed by atoms with Gasteiger partial charge in [-0.2, -0.15) is 5.10 Å². The standard InChI is InChI=1S/C27H24N3O3.C5H5.Fe/c1-32-22-12-10-21(11-13-22)26-18-30-25(17-24(28-30)20-7-3-4-8-20)27(31)29(26)15-14-19-6-5-9-23(16-19)33-2;1-2-4-5-3-1;/h3-13,16-18H,14-15H2,1-2H3;1-5H;/q;;+2. The van der Waals surface area contributed by atoms with Crippen molar-refractivity contribution in [2.24, 2.45) is 0 Å². The van der Waals surface area contributed by atoms with Crippen LogP contribution in [0.3, 0.4) is 0 Å². The molecule has 6 nitrogen and oxygen atoms in total. The predicted molar refractivity (Wildman–Crippen MR) is 149 cm³/mol. The van der Waals surface area contributed by atoms with Crippen molar-refractivity contribution in [3.05, 3.63) is 146 Å². The zero-order valence-corrected chi connectivity index (χ0v) is 22.9. The third-order valence-electron chi connectivity index (χ3n) is 6.39. The van der Waals surface area contributed by atoms with Crippen LogP contribution in [-0.4, -0.2) is 28.4 Å². The summed E-state index contributed by atoms with van der Waals surface area (Å²) in [6.07, 6.45) is 20.5. The fraction of sp³-hybridized carbons (Fsp3) is 0.125. The van der Waals surface area contributed by atoms with Crippen molar-refractivity contribution in [3.63, 3.8) is 0 Å². The zero-order valence-electron chi connectivity index (χ0n) is 21.8. The third-order valence-corrected chi connectivity index (χ3v) is 6.39. The molecular formula is C32H29FeN3O3+2. The van der Waals surface area contributed by atoms with Gasteiger partial charge in [0.05, 0.1) is 31.8 Å². The van der Waals surface area contributed by atoms with Crippen molar-refractivity contribution >= 4 is 5.52 Å². The number of aryl methyl sites for hydroxylation is 1. The van der Waals surface area contributed by atoms with Crippen LogP contribution in [0.1, 0.15) is 11.3 Å². The maximum absolute atomic E-state index is 13.6. The van der Waals surface area contributed by atoms with Crippen molar-refractivity contribution in [1.29, 1.82) is 0 Å². The van der Waals surface area contributed by atoms with Crippen molar-refractivity contribution in [3.8, 4) is 22.8 Å². The summed E-state index contributed by atoms with van der Waals surface area (Å²) in [5.74, 6) is 2.57. The van der Waals surface area contributed by atoms with E-state index in [-0.39, 0.29) is 22.6 Å². The summed E-state index contributed by atoms with van der Waals surface area (Å²) in [4.78, 5) is 13.6. The molecule has 0 bridgehead atoms. The Morgan fingerprint density at radius 1 is 0.795 bits per heavy atom. The van der Waals surface area contributed by atoms with Crippen LogP contribution in [-0.2, 0) is 30.0 Å². The van der Waals surface area contributed by atoms with Gasteiger partial charge in [0.25, 0.3) is 5.56 Å². The third kappa shape index (κ3) is 6.95. The van der Waals surface area contributed by atoms with E-state index in [2.05, 4.69) is 5.10 Å². The molecule has 2 heterocycles. The molecule has 2 aliphatic rings. The number of nitrogens with zero attached hydrogens (tertiary/aromatic N) is 3. The minimum atomic E-state index is -0.0727. The SMILES string of the molecule is COc1ccc(-c2cn3nc([C]4[CH][CH][CH][CH]4)cc3c(=O)n2CCc2cccc(OC)c2)cc1.[CH]1[CH][CH][CH][CH]1.[Fe+2]. The predicted octanol–water partition coefficient (Wildman–Crippen LogP) is 5.20. The molecular weight excluding hydrogens is 530 g/mol. The van der Waals surface area contributed by atoms with E-state index in [1.54, 1.807) is 18.7 Å². The Balaban J connectivity index is 0.000000530. The second-order valence-electron chi connectivity index (χ2n) is 8.80. The zero-order chi connectivity index (χ0) is 26.3. The summed E-state index contributed by atoms with van der Waals surface area (Å²) in [6, 6.07) is 17.5. The van der Waals surface area contributed by atoms with Gasteiger partial charge in [-0.25, -0.2) is 4.52 Å². The van der Waals surface area contributed by atoms with Gasteiger partial charge in [-0.1, -0.05) is 12.1 Å². The molecule has 2 aromatic heterocycles. The average molecular weight is 559 g/mol. The molecule has 0 N–H and O–H groups in total. The van der Waals surface area contributed by atoms with Crippen LogP contribution < -0.4 is 15.0 Å². The fourth-order valence-electron chi connectivity index (χ4n) is 4.38. The molecule has 2 fully saturated rings. The molecule has 39 heavy (non-hydrogen) atoms. The normalized spacial score (nSPS) is 15.0. The first kappa shape index (κ1) is 29.0. The van der Waals surface area contributed by atoms with Crippen LogP contribution in [0.5, 0.6) is 11.5 Å². The number of ether oxygens (including phenoxy) is 2. The van der Waals surface area contributed by atoms with Gasteiger partial charge in [-0.15, -0.1) is 0 Å². The Kier molecular flexibility index (Phi) is 10.3. The van der Waals surface area contributed by atoms with Gasteiger partial charge < -0.3 is 14.0 Å². The smallest absolute Gasteiger partial charge is 0.497 e. The molecule has 0 saturated heterocycles. The first-order valence-corrected chi connectivity index (χ1v) is 12.5. The summed E-state index contributed by atoms with van der Waals surface area (Å²) in [7, 11) is 3.29. The van der Waals surface area contributed by atoms with E-state index in [4.69, 9.17) is 9.47 Å². The van der Waals surface area contributed by atoms with Crippen molar-refractivity contribution in [1.82, 2.24) is 14.2 Å². The van der Waals surface area contributed by atoms with E-state index >= 15 is 0 Å². The molecule has 6 rings (SSSR count). The fourth-order valence-corrected chi connectivity index (χ4v) is 4.38. The van der Waals surface area contributed by atoms with Crippen LogP contribution in [0.2, 0.25) is 0 Å². The van der Waals surface area contributed by atoms with Gasteiger partial charge in [0, 0.05) is 18.0 Å². The van der Waals surface area contributed by atoms with Gasteiger partial charge in [0.1, 0.15) is 17.0 Å². The summed E-state index contributed by atoms with van der Waals surface area (Å²) in [6.45, 7) is 0.529. The minimum absolute atomic E-state index is 0. The number of benzene rings is 2. The molecule has 2 aliphatic carbocycles. The van der Waals surface area contributed by atoms with E-state index in [1.807, 2.05) is 123 Å². The number of methoxy groups -OCH3 is 2.